The SMILES string of the molecule is CC(=O)Cc1ccccc1NC1CC1. The first kappa shape index (κ1) is 9.25. The fourth-order valence-corrected chi connectivity index (χ4v) is 1.53. The largest absolute Gasteiger partial charge is 0.382 e. The van der Waals surface area contributed by atoms with E-state index in [1.165, 1.54) is 12.8 Å². The Bertz CT molecular complexity index is 342. The number of rotatable bonds is 4. The number of hydrogen-bond acceptors (Lipinski definition) is 2. The highest BCUT2D eigenvalue weighted by molar-refractivity contribution is 5.80. The first-order valence-corrected chi connectivity index (χ1v) is 5.09. The maximum absolute atomic E-state index is 11.0. The second kappa shape index (κ2) is 3.82. The molecule has 74 valence electrons. The third-order valence-corrected chi connectivity index (χ3v) is 2.39. The zero-order valence-electron chi connectivity index (χ0n) is 8.42. The maximum atomic E-state index is 11.0. The highest BCUT2D eigenvalue weighted by Crippen LogP contribution is 2.26. The van der Waals surface area contributed by atoms with E-state index in [9.17, 15) is 4.79 Å². The van der Waals surface area contributed by atoms with Crippen LogP contribution in [0.4, 0.5) is 5.69 Å². The molecule has 0 amide bonds. The van der Waals surface area contributed by atoms with E-state index in [4.69, 9.17) is 0 Å². The molecule has 1 saturated carbocycles. The van der Waals surface area contributed by atoms with E-state index >= 15 is 0 Å². The molecule has 0 bridgehead atoms. The van der Waals surface area contributed by atoms with E-state index in [1.54, 1.807) is 6.92 Å². The Morgan fingerprint density at radius 2 is 2.14 bits per heavy atom. The van der Waals surface area contributed by atoms with Crippen molar-refractivity contribution in [1.82, 2.24) is 0 Å². The summed E-state index contributed by atoms with van der Waals surface area (Å²) in [5, 5.41) is 3.44. The Balaban J connectivity index is 2.14. The van der Waals surface area contributed by atoms with Crippen LogP contribution in [-0.4, -0.2) is 11.8 Å². The van der Waals surface area contributed by atoms with Gasteiger partial charge in [0.15, 0.2) is 0 Å². The molecule has 1 aromatic carbocycles. The smallest absolute Gasteiger partial charge is 0.134 e. The number of para-hydroxylation sites is 1. The van der Waals surface area contributed by atoms with Crippen molar-refractivity contribution in [2.24, 2.45) is 0 Å². The zero-order valence-corrected chi connectivity index (χ0v) is 8.42. The molecule has 0 aromatic heterocycles. The summed E-state index contributed by atoms with van der Waals surface area (Å²) in [5.74, 6) is 0.218. The van der Waals surface area contributed by atoms with Crippen LogP contribution in [0.2, 0.25) is 0 Å². The number of ketones is 1. The molecule has 0 spiro atoms. The van der Waals surface area contributed by atoms with E-state index in [-0.39, 0.29) is 5.78 Å². The van der Waals surface area contributed by atoms with Gasteiger partial charge in [-0.25, -0.2) is 0 Å². The summed E-state index contributed by atoms with van der Waals surface area (Å²) < 4.78 is 0. The van der Waals surface area contributed by atoms with Gasteiger partial charge in [-0.3, -0.25) is 4.79 Å². The molecule has 2 heteroatoms. The number of Topliss-reactive ketones (excluding diaryl/α,β-unsaturated/α-hetero) is 1. The van der Waals surface area contributed by atoms with Gasteiger partial charge >= 0.3 is 0 Å². The fourth-order valence-electron chi connectivity index (χ4n) is 1.53. The number of anilines is 1. The standard InChI is InChI=1S/C12H15NO/c1-9(14)8-10-4-2-3-5-12(10)13-11-6-7-11/h2-5,11,13H,6-8H2,1H3. The van der Waals surface area contributed by atoms with Crippen molar-refractivity contribution < 1.29 is 4.79 Å². The summed E-state index contributed by atoms with van der Waals surface area (Å²) in [6, 6.07) is 8.70. The quantitative estimate of drug-likeness (QED) is 0.788. The van der Waals surface area contributed by atoms with Crippen molar-refractivity contribution in [2.75, 3.05) is 5.32 Å². The van der Waals surface area contributed by atoms with Crippen LogP contribution in [0.3, 0.4) is 0 Å². The van der Waals surface area contributed by atoms with E-state index < -0.39 is 0 Å². The monoisotopic (exact) mass is 189 g/mol. The van der Waals surface area contributed by atoms with Gasteiger partial charge in [0.1, 0.15) is 5.78 Å². The second-order valence-corrected chi connectivity index (χ2v) is 3.95. The van der Waals surface area contributed by atoms with E-state index in [0.717, 1.165) is 11.3 Å². The van der Waals surface area contributed by atoms with Gasteiger partial charge in [-0.1, -0.05) is 18.2 Å². The third-order valence-electron chi connectivity index (χ3n) is 2.39. The Hall–Kier alpha value is -1.31. The second-order valence-electron chi connectivity index (χ2n) is 3.95. The molecule has 0 heterocycles. The molecule has 1 aromatic rings. The molecule has 1 aliphatic rings. The third kappa shape index (κ3) is 2.34. The van der Waals surface area contributed by atoms with E-state index in [1.807, 2.05) is 18.2 Å². The van der Waals surface area contributed by atoms with Gasteiger partial charge in [0.25, 0.3) is 0 Å². The van der Waals surface area contributed by atoms with Crippen LogP contribution in [0.5, 0.6) is 0 Å². The van der Waals surface area contributed by atoms with Crippen LogP contribution < -0.4 is 5.32 Å². The molecule has 0 aliphatic heterocycles. The van der Waals surface area contributed by atoms with Gasteiger partial charge < -0.3 is 5.32 Å². The Morgan fingerprint density at radius 3 is 2.79 bits per heavy atom. The van der Waals surface area contributed by atoms with Gasteiger partial charge in [0.2, 0.25) is 0 Å². The predicted octanol–water partition coefficient (Wildman–Crippen LogP) is 2.39. The number of carbonyl (C=O) groups excluding carboxylic acids is 1. The molecule has 0 unspecified atom stereocenters. The van der Waals surface area contributed by atoms with Crippen LogP contribution >= 0.6 is 0 Å². The lowest BCUT2D eigenvalue weighted by Crippen LogP contribution is -2.06. The summed E-state index contributed by atoms with van der Waals surface area (Å²) >= 11 is 0. The minimum absolute atomic E-state index is 0.218. The van der Waals surface area contributed by atoms with Crippen LogP contribution in [0.25, 0.3) is 0 Å². The average molecular weight is 189 g/mol. The molecular formula is C12H15NO. The van der Waals surface area contributed by atoms with Gasteiger partial charge in [0, 0.05) is 18.2 Å². The van der Waals surface area contributed by atoms with Crippen molar-refractivity contribution in [3.63, 3.8) is 0 Å². The lowest BCUT2D eigenvalue weighted by atomic mass is 10.1. The molecule has 14 heavy (non-hydrogen) atoms. The Morgan fingerprint density at radius 1 is 1.43 bits per heavy atom. The molecular weight excluding hydrogens is 174 g/mol. The van der Waals surface area contributed by atoms with Crippen LogP contribution in [0, 0.1) is 0 Å². The van der Waals surface area contributed by atoms with Gasteiger partial charge in [-0.15, -0.1) is 0 Å². The summed E-state index contributed by atoms with van der Waals surface area (Å²) in [4.78, 5) is 11.0. The lowest BCUT2D eigenvalue weighted by Gasteiger charge is -2.09. The molecule has 0 radical (unpaired) electrons. The topological polar surface area (TPSA) is 29.1 Å². The lowest BCUT2D eigenvalue weighted by molar-refractivity contribution is -0.116. The van der Waals surface area contributed by atoms with Crippen molar-refractivity contribution >= 4 is 11.5 Å². The van der Waals surface area contributed by atoms with Crippen LogP contribution in [0.15, 0.2) is 24.3 Å². The first-order chi connectivity index (χ1) is 6.75. The minimum Gasteiger partial charge on any atom is -0.382 e. The summed E-state index contributed by atoms with van der Waals surface area (Å²) in [6.07, 6.45) is 3.05. The highest BCUT2D eigenvalue weighted by Gasteiger charge is 2.21. The molecule has 2 rings (SSSR count). The van der Waals surface area contributed by atoms with Crippen molar-refractivity contribution in [3.05, 3.63) is 29.8 Å². The molecule has 0 saturated heterocycles. The van der Waals surface area contributed by atoms with Crippen LogP contribution in [-0.2, 0) is 11.2 Å². The first-order valence-electron chi connectivity index (χ1n) is 5.09. The Labute approximate surface area is 84.3 Å². The summed E-state index contributed by atoms with van der Waals surface area (Å²) in [6.45, 7) is 1.63. The fraction of sp³-hybridized carbons (Fsp3) is 0.417. The molecule has 1 N–H and O–H groups in total. The van der Waals surface area contributed by atoms with E-state index in [2.05, 4.69) is 11.4 Å². The number of carbonyl (C=O) groups is 1. The molecule has 2 nitrogen and oxygen atoms in total. The molecule has 1 fully saturated rings. The Kier molecular flexibility index (Phi) is 2.53. The summed E-state index contributed by atoms with van der Waals surface area (Å²) in [7, 11) is 0. The molecule has 0 atom stereocenters. The maximum Gasteiger partial charge on any atom is 0.134 e. The van der Waals surface area contributed by atoms with Gasteiger partial charge in [-0.2, -0.15) is 0 Å². The van der Waals surface area contributed by atoms with Gasteiger partial charge in [-0.05, 0) is 31.4 Å². The minimum atomic E-state index is 0.218. The van der Waals surface area contributed by atoms with Crippen LogP contribution in [0.1, 0.15) is 25.3 Å². The predicted molar refractivity (Wildman–Crippen MR) is 57.5 cm³/mol. The van der Waals surface area contributed by atoms with E-state index in [0.29, 0.717) is 12.5 Å². The normalized spacial score (nSPS) is 15.2. The average Bonchev–Trinajstić information content (AvgIpc) is 2.91. The van der Waals surface area contributed by atoms with Crippen molar-refractivity contribution in [1.29, 1.82) is 0 Å². The zero-order chi connectivity index (χ0) is 9.97. The number of hydrogen-bond donors (Lipinski definition) is 1. The van der Waals surface area contributed by atoms with Crippen molar-refractivity contribution in [2.45, 2.75) is 32.2 Å². The van der Waals surface area contributed by atoms with Crippen molar-refractivity contribution in [3.8, 4) is 0 Å². The van der Waals surface area contributed by atoms with Gasteiger partial charge in [0.05, 0.1) is 0 Å². The molecule has 1 aliphatic carbocycles. The highest BCUT2D eigenvalue weighted by atomic mass is 16.1. The number of benzene rings is 1. The number of nitrogens with one attached hydrogen (secondary N) is 1. The summed E-state index contributed by atoms with van der Waals surface area (Å²) in [5.41, 5.74) is 2.25.